The maximum Gasteiger partial charge on any atom is 0.251 e. The van der Waals surface area contributed by atoms with Crippen molar-refractivity contribution in [3.05, 3.63) is 127 Å². The maximum atomic E-state index is 13.3. The van der Waals surface area contributed by atoms with Crippen LogP contribution < -0.4 is 5.32 Å². The Labute approximate surface area is 393 Å². The van der Waals surface area contributed by atoms with Gasteiger partial charge in [-0.05, 0) is 87.2 Å². The number of halogens is 1. The van der Waals surface area contributed by atoms with E-state index in [0.29, 0.717) is 97.5 Å². The zero-order valence-electron chi connectivity index (χ0n) is 37.3. The number of aliphatic imine (C=N–C) groups is 1. The number of hydrogen-bond acceptors (Lipinski definition) is 13. The molecule has 1 atom stereocenters. The second-order valence-electron chi connectivity index (χ2n) is 15.8. The molecule has 3 aromatic carbocycles. The average Bonchev–Trinajstić information content (AvgIpc) is 3.98. The number of hydrogen-bond donors (Lipinski definition) is 2. The molecule has 2 N–H and O–H groups in total. The summed E-state index contributed by atoms with van der Waals surface area (Å²) < 4.78 is 51.0. The Hall–Kier alpha value is -5.58. The van der Waals surface area contributed by atoms with Gasteiger partial charge in [0.25, 0.3) is 5.91 Å². The molecule has 7 rings (SSSR count). The van der Waals surface area contributed by atoms with Gasteiger partial charge in [-0.2, -0.15) is 5.26 Å². The normalized spacial score (nSPS) is 13.5. The van der Waals surface area contributed by atoms with Crippen LogP contribution in [0.5, 0.6) is 0 Å². The highest BCUT2D eigenvalue weighted by Gasteiger charge is 2.32. The van der Waals surface area contributed by atoms with Crippen LogP contribution in [0, 0.1) is 39.0 Å². The van der Waals surface area contributed by atoms with Crippen LogP contribution in [-0.4, -0.2) is 105 Å². The van der Waals surface area contributed by atoms with Crippen molar-refractivity contribution in [2.45, 2.75) is 63.6 Å². The van der Waals surface area contributed by atoms with Gasteiger partial charge in [0.1, 0.15) is 28.7 Å². The third-order valence-electron chi connectivity index (χ3n) is 11.2. The van der Waals surface area contributed by atoms with Crippen LogP contribution in [0.4, 0.5) is 0 Å². The lowest BCUT2D eigenvalue weighted by molar-refractivity contribution is -0.119. The number of rotatable bonds is 23. The number of H-pyrrole nitrogens is 1. The Morgan fingerprint density at radius 1 is 0.879 bits per heavy atom. The molecule has 0 radical (unpaired) electrons. The Kier molecular flexibility index (Phi) is 16.3. The van der Waals surface area contributed by atoms with Crippen molar-refractivity contribution in [3.8, 4) is 11.1 Å². The van der Waals surface area contributed by atoms with Gasteiger partial charge in [0.05, 0.1) is 73.7 Å². The van der Waals surface area contributed by atoms with E-state index in [1.165, 1.54) is 29.1 Å². The van der Waals surface area contributed by atoms with E-state index in [-0.39, 0.29) is 41.9 Å². The molecule has 18 heteroatoms. The summed E-state index contributed by atoms with van der Waals surface area (Å²) in [6.45, 7) is 11.2. The lowest BCUT2D eigenvalue weighted by Crippen LogP contribution is -2.27. The van der Waals surface area contributed by atoms with Gasteiger partial charge in [-0.3, -0.25) is 19.1 Å². The lowest BCUT2D eigenvalue weighted by Gasteiger charge is -2.12. The number of nitriles is 1. The van der Waals surface area contributed by atoms with E-state index in [9.17, 15) is 23.3 Å². The number of nitrogens with zero attached hydrogens (tertiary/aromatic N) is 5. The summed E-state index contributed by atoms with van der Waals surface area (Å²) in [5.74, 6) is 0.872. The lowest BCUT2D eigenvalue weighted by atomic mass is 9.99. The fraction of sp³-hybridized carbons (Fsp3) is 0.375. The predicted molar refractivity (Wildman–Crippen MR) is 253 cm³/mol. The van der Waals surface area contributed by atoms with Crippen LogP contribution in [0.15, 0.2) is 76.7 Å². The number of fused-ring (bicyclic) bond motifs is 4. The molecule has 4 heterocycles. The van der Waals surface area contributed by atoms with E-state index < -0.39 is 15.9 Å². The monoisotopic (exact) mass is 953 g/mol. The fourth-order valence-corrected chi connectivity index (χ4v) is 10.4. The maximum absolute atomic E-state index is 13.3. The van der Waals surface area contributed by atoms with Crippen molar-refractivity contribution in [1.82, 2.24) is 25.1 Å². The summed E-state index contributed by atoms with van der Waals surface area (Å²) in [6, 6.07) is 18.6. The second kappa shape index (κ2) is 22.3. The summed E-state index contributed by atoms with van der Waals surface area (Å²) in [4.78, 5) is 35.5. The van der Waals surface area contributed by atoms with Crippen LogP contribution >= 0.6 is 22.9 Å². The molecule has 1 aliphatic rings. The van der Waals surface area contributed by atoms with Crippen molar-refractivity contribution < 1.29 is 37.0 Å². The first-order chi connectivity index (χ1) is 31.9. The van der Waals surface area contributed by atoms with Gasteiger partial charge in [-0.1, -0.05) is 35.9 Å². The van der Waals surface area contributed by atoms with Crippen LogP contribution in [-0.2, 0) is 39.3 Å². The molecule has 0 spiro atoms. The first kappa shape index (κ1) is 48.4. The number of ketones is 1. The van der Waals surface area contributed by atoms with Crippen LogP contribution in [0.1, 0.15) is 85.6 Å². The Morgan fingerprint density at radius 2 is 1.55 bits per heavy atom. The Bertz CT molecular complexity index is 2860. The third kappa shape index (κ3) is 11.5. The second-order valence-corrected chi connectivity index (χ2v) is 19.5. The zero-order valence-corrected chi connectivity index (χ0v) is 39.7. The SMILES string of the molecule is Cc1sc2c(c1C)C(c1ccc(Cl)cc1)=N[C@@H](CC(=O)CCCOCCOCCOCCOCCNC(=O)c1ccc(S(=O)(=O)Cc3ccc(C)c4c(C#N)c[nH]c34)cc1)c1nnc(C)n1-2. The van der Waals surface area contributed by atoms with Gasteiger partial charge in [0.15, 0.2) is 15.7 Å². The van der Waals surface area contributed by atoms with Gasteiger partial charge in [-0.25, -0.2) is 8.42 Å². The number of benzene rings is 3. The molecule has 346 valence electrons. The Balaban J connectivity index is 0.728. The number of aryl methyl sites for hydroxylation is 3. The topological polar surface area (TPSA) is 200 Å². The average molecular weight is 955 g/mol. The standard InChI is InChI=1S/C48H52ClN7O8S2/c1-30-7-8-36(44-42(30)37(27-50)28-52-44)29-66(59,60)40-15-11-35(12-16-40)47(58)51-17-19-62-21-23-64-25-24-63-22-20-61-18-5-6-39(57)26-41-46-55-54-33(4)56(46)48-43(31(2)32(3)65-48)45(53-41)34-9-13-38(49)14-10-34/h7-16,28,41,52H,5-6,17-26,29H2,1-4H3,(H,51,58)/t41-/m0/s1. The number of carbonyl (C=O) groups is 2. The number of carbonyl (C=O) groups excluding carboxylic acids is 2. The number of Topliss-reactive ketones (excluding diaryl/α,β-unsaturated/α-hetero) is 1. The third-order valence-corrected chi connectivity index (χ3v) is 14.4. The molecule has 0 aliphatic carbocycles. The molecule has 0 fully saturated rings. The van der Waals surface area contributed by atoms with E-state index in [0.717, 1.165) is 38.8 Å². The van der Waals surface area contributed by atoms with E-state index in [1.807, 2.05) is 48.7 Å². The molecular weight excluding hydrogens is 902 g/mol. The van der Waals surface area contributed by atoms with Gasteiger partial charge >= 0.3 is 0 Å². The molecular formula is C48H52ClN7O8S2. The molecule has 15 nitrogen and oxygen atoms in total. The van der Waals surface area contributed by atoms with Crippen molar-refractivity contribution in [3.63, 3.8) is 0 Å². The molecule has 1 amide bonds. The smallest absolute Gasteiger partial charge is 0.251 e. The van der Waals surface area contributed by atoms with Crippen molar-refractivity contribution >= 4 is 61.1 Å². The number of ether oxygens (including phenoxy) is 4. The predicted octanol–water partition coefficient (Wildman–Crippen LogP) is 7.67. The van der Waals surface area contributed by atoms with Crippen LogP contribution in [0.3, 0.4) is 0 Å². The Morgan fingerprint density at radius 3 is 2.23 bits per heavy atom. The summed E-state index contributed by atoms with van der Waals surface area (Å²) in [7, 11) is -3.72. The van der Waals surface area contributed by atoms with E-state index in [4.69, 9.17) is 35.5 Å². The van der Waals surface area contributed by atoms with Gasteiger partial charge in [0.2, 0.25) is 0 Å². The minimum Gasteiger partial charge on any atom is -0.379 e. The van der Waals surface area contributed by atoms with Gasteiger partial charge < -0.3 is 29.2 Å². The van der Waals surface area contributed by atoms with Crippen molar-refractivity contribution in [2.24, 2.45) is 4.99 Å². The first-order valence-electron chi connectivity index (χ1n) is 21.7. The quantitative estimate of drug-likeness (QED) is 0.0598. The minimum atomic E-state index is -3.72. The van der Waals surface area contributed by atoms with E-state index >= 15 is 0 Å². The highest BCUT2D eigenvalue weighted by Crippen LogP contribution is 2.40. The highest BCUT2D eigenvalue weighted by molar-refractivity contribution is 7.90. The van der Waals surface area contributed by atoms with Crippen molar-refractivity contribution in [1.29, 1.82) is 5.26 Å². The molecule has 3 aromatic heterocycles. The largest absolute Gasteiger partial charge is 0.379 e. The van der Waals surface area contributed by atoms with Crippen LogP contribution in [0.25, 0.3) is 15.9 Å². The summed E-state index contributed by atoms with van der Waals surface area (Å²) in [5.41, 5.74) is 6.77. The molecule has 0 saturated carbocycles. The number of amides is 1. The van der Waals surface area contributed by atoms with Crippen molar-refractivity contribution in [2.75, 3.05) is 59.4 Å². The number of thiophene rings is 1. The molecule has 0 bridgehead atoms. The zero-order chi connectivity index (χ0) is 46.8. The van der Waals surface area contributed by atoms with Gasteiger partial charge in [0, 0.05) is 64.2 Å². The van der Waals surface area contributed by atoms with E-state index in [2.05, 4.69) is 40.4 Å². The molecule has 6 aromatic rings. The molecule has 1 aliphatic heterocycles. The van der Waals surface area contributed by atoms with E-state index in [1.54, 1.807) is 23.6 Å². The molecule has 0 unspecified atom stereocenters. The number of aromatic amines is 1. The van der Waals surface area contributed by atoms with Gasteiger partial charge in [-0.15, -0.1) is 21.5 Å². The summed E-state index contributed by atoms with van der Waals surface area (Å²) in [6.07, 6.45) is 2.70. The highest BCUT2D eigenvalue weighted by atomic mass is 35.5. The molecule has 0 saturated heterocycles. The number of nitrogens with one attached hydrogen (secondary N) is 2. The number of aromatic nitrogens is 4. The summed E-state index contributed by atoms with van der Waals surface area (Å²) >= 11 is 7.90. The number of sulfone groups is 1. The minimum absolute atomic E-state index is 0.0700. The summed E-state index contributed by atoms with van der Waals surface area (Å²) in [5, 5.41) is 23.4. The fourth-order valence-electron chi connectivity index (χ4n) is 7.71. The molecule has 66 heavy (non-hydrogen) atoms. The first-order valence-corrected chi connectivity index (χ1v) is 24.5. The van der Waals surface area contributed by atoms with Crippen LogP contribution in [0.2, 0.25) is 5.02 Å².